The molecule has 0 bridgehead atoms. The van der Waals surface area contributed by atoms with Crippen LogP contribution < -0.4 is 9.47 Å². The zero-order chi connectivity index (χ0) is 13.8. The molecule has 98 valence electrons. The van der Waals surface area contributed by atoms with Gasteiger partial charge >= 0.3 is 0 Å². The molecule has 5 heteroatoms. The monoisotopic (exact) mass is 277 g/mol. The van der Waals surface area contributed by atoms with Crippen molar-refractivity contribution >= 4 is 17.4 Å². The molecule has 0 aliphatic carbocycles. The van der Waals surface area contributed by atoms with E-state index in [1.54, 1.807) is 36.4 Å². The van der Waals surface area contributed by atoms with E-state index in [0.29, 0.717) is 26.8 Å². The van der Waals surface area contributed by atoms with Crippen molar-refractivity contribution in [2.24, 2.45) is 0 Å². The Labute approximate surface area is 115 Å². The van der Waals surface area contributed by atoms with Crippen molar-refractivity contribution in [3.8, 4) is 5.75 Å². The fraction of sp³-hybridized carbons (Fsp3) is 0.143. The number of carbonyl (C=O) groups is 1. The van der Waals surface area contributed by atoms with Crippen molar-refractivity contribution in [3.63, 3.8) is 0 Å². The molecule has 0 saturated heterocycles. The van der Waals surface area contributed by atoms with Gasteiger partial charge in [-0.25, -0.2) is 0 Å². The van der Waals surface area contributed by atoms with Gasteiger partial charge in [-0.1, -0.05) is 11.6 Å². The minimum Gasteiger partial charge on any atom is -0.618 e. The number of aromatic nitrogens is 1. The molecule has 2 rings (SSSR count). The van der Waals surface area contributed by atoms with Crippen LogP contribution >= 0.6 is 11.6 Å². The van der Waals surface area contributed by atoms with Gasteiger partial charge in [0.2, 0.25) is 5.69 Å². The molecule has 19 heavy (non-hydrogen) atoms. The normalized spacial score (nSPS) is 10.2. The van der Waals surface area contributed by atoms with Crippen LogP contribution in [0.4, 0.5) is 0 Å². The number of benzene rings is 1. The summed E-state index contributed by atoms with van der Waals surface area (Å²) in [7, 11) is 1.51. The highest BCUT2D eigenvalue weighted by atomic mass is 35.5. The van der Waals surface area contributed by atoms with Crippen LogP contribution in [0.3, 0.4) is 0 Å². The molecule has 0 amide bonds. The van der Waals surface area contributed by atoms with Gasteiger partial charge in [-0.2, -0.15) is 4.73 Å². The SMILES string of the molecule is COc1ccc(C(=O)Cc2cccc[n+]2[O-])cc1Cl. The lowest BCUT2D eigenvalue weighted by molar-refractivity contribution is -0.613. The van der Waals surface area contributed by atoms with Crippen LogP contribution in [0.15, 0.2) is 42.6 Å². The van der Waals surface area contributed by atoms with Crippen LogP contribution in [0.1, 0.15) is 16.1 Å². The third-order valence-corrected chi connectivity index (χ3v) is 3.02. The van der Waals surface area contributed by atoms with E-state index in [9.17, 15) is 10.0 Å². The lowest BCUT2D eigenvalue weighted by Crippen LogP contribution is -2.32. The van der Waals surface area contributed by atoms with Crippen molar-refractivity contribution in [1.29, 1.82) is 0 Å². The number of rotatable bonds is 4. The quantitative estimate of drug-likeness (QED) is 0.490. The Kier molecular flexibility index (Phi) is 4.02. The molecule has 0 aliphatic rings. The molecule has 0 spiro atoms. The molecular weight excluding hydrogens is 266 g/mol. The van der Waals surface area contributed by atoms with E-state index < -0.39 is 0 Å². The first kappa shape index (κ1) is 13.4. The number of Topliss-reactive ketones (excluding diaryl/α,β-unsaturated/α-hetero) is 1. The van der Waals surface area contributed by atoms with E-state index in [4.69, 9.17) is 16.3 Å². The van der Waals surface area contributed by atoms with Crippen LogP contribution in [0.25, 0.3) is 0 Å². The zero-order valence-corrected chi connectivity index (χ0v) is 11.1. The lowest BCUT2D eigenvalue weighted by Gasteiger charge is -2.06. The third kappa shape index (κ3) is 3.03. The molecule has 0 N–H and O–H groups in total. The molecule has 0 aliphatic heterocycles. The molecule has 0 radical (unpaired) electrons. The molecule has 0 saturated carbocycles. The second-order valence-electron chi connectivity index (χ2n) is 3.97. The van der Waals surface area contributed by atoms with Gasteiger partial charge in [0, 0.05) is 17.7 Å². The first-order chi connectivity index (χ1) is 9.11. The Morgan fingerprint density at radius 3 is 2.79 bits per heavy atom. The van der Waals surface area contributed by atoms with Gasteiger partial charge in [-0.05, 0) is 24.3 Å². The van der Waals surface area contributed by atoms with Gasteiger partial charge in [0.15, 0.2) is 12.0 Å². The molecule has 2 aromatic rings. The van der Waals surface area contributed by atoms with E-state index in [1.807, 2.05) is 0 Å². The first-order valence-corrected chi connectivity index (χ1v) is 6.03. The second kappa shape index (κ2) is 5.71. The smallest absolute Gasteiger partial charge is 0.200 e. The highest BCUT2D eigenvalue weighted by Gasteiger charge is 2.14. The van der Waals surface area contributed by atoms with Crippen molar-refractivity contribution < 1.29 is 14.3 Å². The highest BCUT2D eigenvalue weighted by Crippen LogP contribution is 2.25. The number of pyridine rings is 1. The maximum atomic E-state index is 12.1. The number of carbonyl (C=O) groups excluding carboxylic acids is 1. The minimum absolute atomic E-state index is 0.0347. The standard InChI is InChI=1S/C14H12ClNO3/c1-19-14-6-5-10(8-12(14)15)13(17)9-11-4-2-3-7-16(11)18/h2-8H,9H2,1H3. The van der Waals surface area contributed by atoms with Crippen molar-refractivity contribution in [2.75, 3.05) is 7.11 Å². The molecule has 0 fully saturated rings. The predicted molar refractivity (Wildman–Crippen MR) is 71.4 cm³/mol. The minimum atomic E-state index is -0.166. The highest BCUT2D eigenvalue weighted by molar-refractivity contribution is 6.32. The Balaban J connectivity index is 2.21. The summed E-state index contributed by atoms with van der Waals surface area (Å²) in [4.78, 5) is 12.1. The van der Waals surface area contributed by atoms with Crippen molar-refractivity contribution in [2.45, 2.75) is 6.42 Å². The largest absolute Gasteiger partial charge is 0.618 e. The summed E-state index contributed by atoms with van der Waals surface area (Å²) in [5.41, 5.74) is 0.856. The Hall–Kier alpha value is -2.07. The van der Waals surface area contributed by atoms with Crippen LogP contribution in [-0.4, -0.2) is 12.9 Å². The average molecular weight is 278 g/mol. The van der Waals surface area contributed by atoms with E-state index in [1.165, 1.54) is 13.3 Å². The van der Waals surface area contributed by atoms with Gasteiger partial charge < -0.3 is 9.94 Å². The molecule has 0 atom stereocenters. The summed E-state index contributed by atoms with van der Waals surface area (Å²) >= 11 is 5.96. The Morgan fingerprint density at radius 2 is 2.16 bits per heavy atom. The second-order valence-corrected chi connectivity index (χ2v) is 4.37. The summed E-state index contributed by atoms with van der Waals surface area (Å²) in [5, 5.41) is 11.8. The number of hydrogen-bond donors (Lipinski definition) is 0. The molecular formula is C14H12ClNO3. The third-order valence-electron chi connectivity index (χ3n) is 2.72. The maximum absolute atomic E-state index is 12.1. The summed E-state index contributed by atoms with van der Waals surface area (Å²) in [6.07, 6.45) is 1.40. The first-order valence-electron chi connectivity index (χ1n) is 5.65. The number of hydrogen-bond acceptors (Lipinski definition) is 3. The van der Waals surface area contributed by atoms with Gasteiger partial charge in [-0.15, -0.1) is 0 Å². The topological polar surface area (TPSA) is 53.2 Å². The molecule has 0 unspecified atom stereocenters. The van der Waals surface area contributed by atoms with E-state index in [0.717, 1.165) is 0 Å². The predicted octanol–water partition coefficient (Wildman–Crippen LogP) is 2.41. The molecule has 4 nitrogen and oxygen atoms in total. The number of halogens is 1. The molecule has 1 aromatic heterocycles. The van der Waals surface area contributed by atoms with Gasteiger partial charge in [0.25, 0.3) is 0 Å². The van der Waals surface area contributed by atoms with Crippen LogP contribution in [0.5, 0.6) is 5.75 Å². The van der Waals surface area contributed by atoms with Crippen LogP contribution in [0, 0.1) is 5.21 Å². The number of nitrogens with zero attached hydrogens (tertiary/aromatic N) is 1. The summed E-state index contributed by atoms with van der Waals surface area (Å²) in [6.45, 7) is 0. The number of methoxy groups -OCH3 is 1. The zero-order valence-electron chi connectivity index (χ0n) is 10.3. The van der Waals surface area contributed by atoms with E-state index in [-0.39, 0.29) is 12.2 Å². The Bertz CT molecular complexity index is 613. The van der Waals surface area contributed by atoms with Gasteiger partial charge in [-0.3, -0.25) is 4.79 Å². The number of ketones is 1. The fourth-order valence-corrected chi connectivity index (χ4v) is 1.96. The van der Waals surface area contributed by atoms with Crippen LogP contribution in [-0.2, 0) is 6.42 Å². The van der Waals surface area contributed by atoms with Crippen molar-refractivity contribution in [3.05, 3.63) is 64.1 Å². The summed E-state index contributed by atoms with van der Waals surface area (Å²) in [6, 6.07) is 9.76. The van der Waals surface area contributed by atoms with Crippen LogP contribution in [0.2, 0.25) is 5.02 Å². The summed E-state index contributed by atoms with van der Waals surface area (Å²) in [5.74, 6) is 0.345. The van der Waals surface area contributed by atoms with Crippen molar-refractivity contribution in [1.82, 2.24) is 0 Å². The average Bonchev–Trinajstić information content (AvgIpc) is 2.41. The fourth-order valence-electron chi connectivity index (χ4n) is 1.71. The molecule has 1 aromatic carbocycles. The Morgan fingerprint density at radius 1 is 1.37 bits per heavy atom. The van der Waals surface area contributed by atoms with Gasteiger partial charge in [0.05, 0.1) is 18.6 Å². The molecule has 1 heterocycles. The maximum Gasteiger partial charge on any atom is 0.200 e. The lowest BCUT2D eigenvalue weighted by atomic mass is 10.1. The summed E-state index contributed by atoms with van der Waals surface area (Å²) < 4.78 is 5.70. The van der Waals surface area contributed by atoms with E-state index in [2.05, 4.69) is 0 Å². The van der Waals surface area contributed by atoms with Gasteiger partial charge in [0.1, 0.15) is 5.75 Å². The number of ether oxygens (including phenoxy) is 1. The van der Waals surface area contributed by atoms with E-state index >= 15 is 0 Å².